The van der Waals surface area contributed by atoms with E-state index in [0.717, 1.165) is 6.54 Å². The van der Waals surface area contributed by atoms with Gasteiger partial charge in [-0.15, -0.1) is 0 Å². The van der Waals surface area contributed by atoms with Crippen LogP contribution in [0.4, 0.5) is 8.78 Å². The average Bonchev–Trinajstić information content (AvgIpc) is 2.86. The molecule has 5 unspecified atom stereocenters. The number of fused-ring (bicyclic) bond motifs is 1. The number of nitrogens with one attached hydrogen (secondary N) is 3. The Morgan fingerprint density at radius 2 is 2.05 bits per heavy atom. The number of hydrogen-bond donors (Lipinski definition) is 3. The van der Waals surface area contributed by atoms with E-state index in [1.807, 2.05) is 4.90 Å². The molecule has 7 heteroatoms. The smallest absolute Gasteiger partial charge is 0.236 e. The average molecular weight is 316 g/mol. The summed E-state index contributed by atoms with van der Waals surface area (Å²) in [4.78, 5) is 13.8. The number of rotatable bonds is 3. The van der Waals surface area contributed by atoms with Crippen LogP contribution in [0.1, 0.15) is 26.7 Å². The Kier molecular flexibility index (Phi) is 4.40. The van der Waals surface area contributed by atoms with Gasteiger partial charge in [0.05, 0.1) is 18.8 Å². The largest absolute Gasteiger partial charge is 0.340 e. The van der Waals surface area contributed by atoms with Crippen LogP contribution in [0.15, 0.2) is 0 Å². The maximum atomic E-state index is 14.1. The van der Waals surface area contributed by atoms with E-state index in [4.69, 9.17) is 0 Å². The number of halogens is 2. The predicted octanol–water partition coefficient (Wildman–Crippen LogP) is 0.171. The van der Waals surface area contributed by atoms with Gasteiger partial charge in [0.2, 0.25) is 5.91 Å². The van der Waals surface area contributed by atoms with Crippen molar-refractivity contribution in [1.29, 1.82) is 0 Å². The van der Waals surface area contributed by atoms with Gasteiger partial charge in [0.15, 0.2) is 0 Å². The fraction of sp³-hybridized carbons (Fsp3) is 0.933. The number of amides is 1. The summed E-state index contributed by atoms with van der Waals surface area (Å²) in [7, 11) is 0. The van der Waals surface area contributed by atoms with E-state index < -0.39 is 12.3 Å². The van der Waals surface area contributed by atoms with E-state index in [9.17, 15) is 13.6 Å². The molecule has 0 aromatic rings. The molecule has 5 atom stereocenters. The minimum Gasteiger partial charge on any atom is -0.340 e. The Bertz CT molecular complexity index is 434. The van der Waals surface area contributed by atoms with Gasteiger partial charge in [-0.25, -0.2) is 8.78 Å². The van der Waals surface area contributed by atoms with Crippen molar-refractivity contribution in [3.05, 3.63) is 0 Å². The first-order chi connectivity index (χ1) is 10.4. The van der Waals surface area contributed by atoms with Crippen LogP contribution in [0.25, 0.3) is 0 Å². The zero-order valence-corrected chi connectivity index (χ0v) is 13.2. The second-order valence-electron chi connectivity index (χ2n) is 7.46. The van der Waals surface area contributed by atoms with E-state index >= 15 is 0 Å². The topological polar surface area (TPSA) is 56.4 Å². The summed E-state index contributed by atoms with van der Waals surface area (Å²) in [6.45, 7) is 6.60. The molecule has 0 bridgehead atoms. The lowest BCUT2D eigenvalue weighted by Gasteiger charge is -2.39. The quantitative estimate of drug-likeness (QED) is 0.695. The van der Waals surface area contributed by atoms with Gasteiger partial charge in [-0.3, -0.25) is 15.4 Å². The summed E-state index contributed by atoms with van der Waals surface area (Å²) in [5.41, 5.74) is -0.254. The molecule has 3 N–H and O–H groups in total. The molecule has 3 fully saturated rings. The van der Waals surface area contributed by atoms with Crippen molar-refractivity contribution < 1.29 is 13.6 Å². The van der Waals surface area contributed by atoms with Crippen LogP contribution in [-0.2, 0) is 4.79 Å². The molecule has 1 amide bonds. The van der Waals surface area contributed by atoms with Gasteiger partial charge < -0.3 is 10.2 Å². The van der Waals surface area contributed by atoms with Crippen molar-refractivity contribution in [3.8, 4) is 0 Å². The molecule has 1 aliphatic carbocycles. The molecule has 2 saturated heterocycles. The Morgan fingerprint density at radius 1 is 1.27 bits per heavy atom. The third-order valence-electron chi connectivity index (χ3n) is 5.12. The molecule has 0 aromatic carbocycles. The molecule has 0 spiro atoms. The number of nitrogens with zero attached hydrogens (tertiary/aromatic N) is 1. The highest BCUT2D eigenvalue weighted by Gasteiger charge is 2.48. The summed E-state index contributed by atoms with van der Waals surface area (Å²) in [5.74, 6) is 0.0990. The number of hydrogen-bond acceptors (Lipinski definition) is 4. The number of carbonyl (C=O) groups is 1. The van der Waals surface area contributed by atoms with Crippen molar-refractivity contribution in [1.82, 2.24) is 20.9 Å². The molecular weight excluding hydrogens is 290 g/mol. The lowest BCUT2D eigenvalue weighted by atomic mass is 9.88. The molecular formula is C15H26F2N4O. The van der Waals surface area contributed by atoms with Crippen molar-refractivity contribution in [3.63, 3.8) is 0 Å². The molecule has 0 radical (unpaired) electrons. The van der Waals surface area contributed by atoms with Crippen LogP contribution in [0.5, 0.6) is 0 Å². The summed E-state index contributed by atoms with van der Waals surface area (Å²) in [5, 5.41) is 9.71. The highest BCUT2D eigenvalue weighted by molar-refractivity contribution is 5.79. The second-order valence-corrected chi connectivity index (χ2v) is 7.46. The standard InChI is InChI=1S/C15H26F2N4O/c1-15(2,8-21-4-3-18-7-12(21)22)14-19-11-6-9(16)5-10(17)13(11)20-14/h9-11,13-14,18-20H,3-8H2,1-2H3. The SMILES string of the molecule is CC(C)(CN1CCNCC1=O)C1NC2CC(F)CC(F)C2N1. The summed E-state index contributed by atoms with van der Waals surface area (Å²) in [6, 6.07) is -0.489. The van der Waals surface area contributed by atoms with Gasteiger partial charge >= 0.3 is 0 Å². The first-order valence-corrected chi connectivity index (χ1v) is 8.15. The van der Waals surface area contributed by atoms with Crippen molar-refractivity contribution in [2.24, 2.45) is 5.41 Å². The lowest BCUT2D eigenvalue weighted by Crippen LogP contribution is -2.56. The molecule has 22 heavy (non-hydrogen) atoms. The van der Waals surface area contributed by atoms with E-state index in [-0.39, 0.29) is 36.0 Å². The molecule has 2 aliphatic heterocycles. The molecule has 5 nitrogen and oxygen atoms in total. The van der Waals surface area contributed by atoms with Crippen LogP contribution < -0.4 is 16.0 Å². The van der Waals surface area contributed by atoms with Crippen molar-refractivity contribution in [2.75, 3.05) is 26.2 Å². The predicted molar refractivity (Wildman–Crippen MR) is 79.9 cm³/mol. The van der Waals surface area contributed by atoms with Crippen molar-refractivity contribution in [2.45, 2.75) is 57.3 Å². The number of carbonyl (C=O) groups excluding carboxylic acids is 1. The maximum Gasteiger partial charge on any atom is 0.236 e. The molecule has 1 saturated carbocycles. The van der Waals surface area contributed by atoms with Gasteiger partial charge in [0, 0.05) is 37.5 Å². The van der Waals surface area contributed by atoms with E-state index in [1.165, 1.54) is 0 Å². The second kappa shape index (κ2) is 6.02. The Balaban J connectivity index is 1.64. The zero-order valence-electron chi connectivity index (χ0n) is 13.2. The first-order valence-electron chi connectivity index (χ1n) is 8.15. The van der Waals surface area contributed by atoms with Gasteiger partial charge in [-0.05, 0) is 6.42 Å². The minimum absolute atomic E-state index is 0.0146. The normalized spacial score (nSPS) is 39.9. The van der Waals surface area contributed by atoms with Gasteiger partial charge in [-0.2, -0.15) is 0 Å². The molecule has 3 aliphatic rings. The first kappa shape index (κ1) is 16.1. The Morgan fingerprint density at radius 3 is 2.77 bits per heavy atom. The van der Waals surface area contributed by atoms with Crippen LogP contribution in [0.2, 0.25) is 0 Å². The van der Waals surface area contributed by atoms with Crippen LogP contribution in [0.3, 0.4) is 0 Å². The molecule has 0 aromatic heterocycles. The molecule has 126 valence electrons. The van der Waals surface area contributed by atoms with E-state index in [0.29, 0.717) is 26.1 Å². The highest BCUT2D eigenvalue weighted by Crippen LogP contribution is 2.33. The van der Waals surface area contributed by atoms with E-state index in [1.54, 1.807) is 0 Å². The fourth-order valence-electron chi connectivity index (χ4n) is 3.86. The van der Waals surface area contributed by atoms with Gasteiger partial charge in [0.1, 0.15) is 12.3 Å². The van der Waals surface area contributed by atoms with Crippen LogP contribution in [0, 0.1) is 5.41 Å². The van der Waals surface area contributed by atoms with Crippen LogP contribution >= 0.6 is 0 Å². The number of piperazine rings is 1. The molecule has 3 rings (SSSR count). The van der Waals surface area contributed by atoms with Gasteiger partial charge in [-0.1, -0.05) is 13.8 Å². The third-order valence-corrected chi connectivity index (χ3v) is 5.12. The number of alkyl halides is 2. The highest BCUT2D eigenvalue weighted by atomic mass is 19.1. The summed E-state index contributed by atoms with van der Waals surface area (Å²) < 4.78 is 27.6. The fourth-order valence-corrected chi connectivity index (χ4v) is 3.86. The van der Waals surface area contributed by atoms with Crippen molar-refractivity contribution >= 4 is 5.91 Å². The summed E-state index contributed by atoms with van der Waals surface area (Å²) >= 11 is 0. The minimum atomic E-state index is -1.15. The maximum absolute atomic E-state index is 14.1. The summed E-state index contributed by atoms with van der Waals surface area (Å²) in [6.07, 6.45) is -1.99. The van der Waals surface area contributed by atoms with Crippen LogP contribution in [-0.4, -0.2) is 67.6 Å². The van der Waals surface area contributed by atoms with Gasteiger partial charge in [0.25, 0.3) is 0 Å². The lowest BCUT2D eigenvalue weighted by molar-refractivity contribution is -0.133. The molecule has 2 heterocycles. The monoisotopic (exact) mass is 316 g/mol. The van der Waals surface area contributed by atoms with E-state index in [2.05, 4.69) is 29.8 Å². The Labute approximate surface area is 130 Å². The zero-order chi connectivity index (χ0) is 15.9. The third kappa shape index (κ3) is 3.12. The Hall–Kier alpha value is -0.790.